The number of rotatable bonds is 3. The summed E-state index contributed by atoms with van der Waals surface area (Å²) in [6.45, 7) is 1.81. The number of hydrogen-bond acceptors (Lipinski definition) is 4. The Bertz CT molecular complexity index is 727. The Morgan fingerprint density at radius 2 is 2.09 bits per heavy atom. The highest BCUT2D eigenvalue weighted by atomic mass is 19.1. The first-order chi connectivity index (χ1) is 10.5. The summed E-state index contributed by atoms with van der Waals surface area (Å²) in [6, 6.07) is 7.48. The van der Waals surface area contributed by atoms with E-state index in [0.29, 0.717) is 18.7 Å². The molecule has 3 rings (SSSR count). The van der Waals surface area contributed by atoms with E-state index in [0.717, 1.165) is 24.2 Å². The van der Waals surface area contributed by atoms with Gasteiger partial charge in [0.2, 0.25) is 0 Å². The van der Waals surface area contributed by atoms with Gasteiger partial charge in [-0.15, -0.1) is 0 Å². The first kappa shape index (κ1) is 14.9. The molecule has 0 saturated heterocycles. The van der Waals surface area contributed by atoms with Crippen LogP contribution in [0.2, 0.25) is 0 Å². The number of β-amino-alcohol motifs (C(OH)–C–C–N with tert-alkyl or cyclic N) is 1. The lowest BCUT2D eigenvalue weighted by molar-refractivity contribution is 0.105. The van der Waals surface area contributed by atoms with Gasteiger partial charge >= 0.3 is 0 Å². The molecule has 2 aromatic rings. The van der Waals surface area contributed by atoms with Crippen LogP contribution in [-0.4, -0.2) is 32.9 Å². The number of fused-ring (bicyclic) bond motifs is 1. The largest absolute Gasteiger partial charge is 0.387 e. The molecule has 116 valence electrons. The molecule has 1 aromatic carbocycles. The van der Waals surface area contributed by atoms with Gasteiger partial charge in [0.1, 0.15) is 5.82 Å². The van der Waals surface area contributed by atoms with E-state index in [1.54, 1.807) is 25.2 Å². The van der Waals surface area contributed by atoms with Gasteiger partial charge in [-0.3, -0.25) is 9.69 Å². The number of aliphatic hydroxyl groups excluding tert-OH is 1. The van der Waals surface area contributed by atoms with E-state index in [-0.39, 0.29) is 11.4 Å². The Morgan fingerprint density at radius 1 is 1.36 bits per heavy atom. The van der Waals surface area contributed by atoms with Gasteiger partial charge < -0.3 is 5.11 Å². The quantitative estimate of drug-likeness (QED) is 0.919. The SMILES string of the molecule is Cn1nc2c(cc1=O)CN(CC(O)c1ccc(F)cc1)CC2. The molecule has 0 amide bonds. The molecule has 6 heteroatoms. The third kappa shape index (κ3) is 3.08. The van der Waals surface area contributed by atoms with Crippen LogP contribution < -0.4 is 5.56 Å². The maximum atomic E-state index is 12.9. The number of aromatic nitrogens is 2. The predicted octanol–water partition coefficient (Wildman–Crippen LogP) is 1.01. The Labute approximate surface area is 127 Å². The molecule has 5 nitrogen and oxygen atoms in total. The monoisotopic (exact) mass is 303 g/mol. The van der Waals surface area contributed by atoms with Crippen molar-refractivity contribution >= 4 is 0 Å². The fourth-order valence-corrected chi connectivity index (χ4v) is 2.74. The lowest BCUT2D eigenvalue weighted by atomic mass is 10.0. The minimum Gasteiger partial charge on any atom is -0.387 e. The minimum absolute atomic E-state index is 0.125. The molecule has 0 fully saturated rings. The van der Waals surface area contributed by atoms with Gasteiger partial charge in [-0.25, -0.2) is 9.07 Å². The van der Waals surface area contributed by atoms with Gasteiger partial charge in [0, 0.05) is 39.2 Å². The summed E-state index contributed by atoms with van der Waals surface area (Å²) in [6.07, 6.45) is 0.0706. The fourth-order valence-electron chi connectivity index (χ4n) is 2.74. The zero-order valence-corrected chi connectivity index (χ0v) is 12.4. The second-order valence-corrected chi connectivity index (χ2v) is 5.63. The highest BCUT2D eigenvalue weighted by Gasteiger charge is 2.21. The number of nitrogens with zero attached hydrogens (tertiary/aromatic N) is 3. The molecule has 2 heterocycles. The molecule has 0 bridgehead atoms. The van der Waals surface area contributed by atoms with E-state index in [4.69, 9.17) is 0 Å². The smallest absolute Gasteiger partial charge is 0.266 e. The topological polar surface area (TPSA) is 58.4 Å². The first-order valence-electron chi connectivity index (χ1n) is 7.25. The van der Waals surface area contributed by atoms with Crippen LogP contribution in [0.15, 0.2) is 35.1 Å². The summed E-state index contributed by atoms with van der Waals surface area (Å²) in [7, 11) is 1.65. The van der Waals surface area contributed by atoms with E-state index in [2.05, 4.69) is 10.00 Å². The molecule has 1 atom stereocenters. The molecular formula is C16H18FN3O2. The van der Waals surface area contributed by atoms with Gasteiger partial charge in [0.05, 0.1) is 11.8 Å². The Kier molecular flexibility index (Phi) is 4.04. The van der Waals surface area contributed by atoms with Crippen LogP contribution in [0.3, 0.4) is 0 Å². The fraction of sp³-hybridized carbons (Fsp3) is 0.375. The average molecular weight is 303 g/mol. The summed E-state index contributed by atoms with van der Waals surface area (Å²) in [5.41, 5.74) is 2.42. The van der Waals surface area contributed by atoms with Crippen LogP contribution in [-0.2, 0) is 20.0 Å². The van der Waals surface area contributed by atoms with Crippen LogP contribution in [0, 0.1) is 5.82 Å². The summed E-state index contributed by atoms with van der Waals surface area (Å²) < 4.78 is 14.3. The van der Waals surface area contributed by atoms with Crippen molar-refractivity contribution < 1.29 is 9.50 Å². The molecule has 0 saturated carbocycles. The second-order valence-electron chi connectivity index (χ2n) is 5.63. The third-order valence-electron chi connectivity index (χ3n) is 4.00. The zero-order chi connectivity index (χ0) is 15.7. The van der Waals surface area contributed by atoms with E-state index in [9.17, 15) is 14.3 Å². The van der Waals surface area contributed by atoms with Gasteiger partial charge in [-0.05, 0) is 23.3 Å². The summed E-state index contributed by atoms with van der Waals surface area (Å²) in [4.78, 5) is 13.8. The number of benzene rings is 1. The minimum atomic E-state index is -0.679. The van der Waals surface area contributed by atoms with Crippen LogP contribution in [0.5, 0.6) is 0 Å². The van der Waals surface area contributed by atoms with Gasteiger partial charge in [0.25, 0.3) is 5.56 Å². The third-order valence-corrected chi connectivity index (χ3v) is 4.00. The van der Waals surface area contributed by atoms with Crippen molar-refractivity contribution in [1.82, 2.24) is 14.7 Å². The summed E-state index contributed by atoms with van der Waals surface area (Å²) in [5, 5.41) is 14.5. The van der Waals surface area contributed by atoms with Crippen molar-refractivity contribution in [3.63, 3.8) is 0 Å². The molecule has 1 aromatic heterocycles. The lowest BCUT2D eigenvalue weighted by Gasteiger charge is -2.29. The Hall–Kier alpha value is -2.05. The molecule has 1 aliphatic rings. The molecule has 1 unspecified atom stereocenters. The standard InChI is InChI=1S/C16H18FN3O2/c1-19-16(22)8-12-9-20(7-6-14(12)18-19)10-15(21)11-2-4-13(17)5-3-11/h2-5,8,15,21H,6-7,9-10H2,1H3. The van der Waals surface area contributed by atoms with Crippen LogP contribution in [0.1, 0.15) is 22.9 Å². The van der Waals surface area contributed by atoms with Crippen molar-refractivity contribution in [2.24, 2.45) is 7.05 Å². The summed E-state index contributed by atoms with van der Waals surface area (Å²) >= 11 is 0. The van der Waals surface area contributed by atoms with Crippen molar-refractivity contribution in [1.29, 1.82) is 0 Å². The van der Waals surface area contributed by atoms with Crippen molar-refractivity contribution in [2.45, 2.75) is 19.1 Å². The van der Waals surface area contributed by atoms with Gasteiger partial charge in [-0.2, -0.15) is 5.10 Å². The van der Waals surface area contributed by atoms with E-state index >= 15 is 0 Å². The highest BCUT2D eigenvalue weighted by molar-refractivity contribution is 5.22. The van der Waals surface area contributed by atoms with Crippen LogP contribution >= 0.6 is 0 Å². The molecular weight excluding hydrogens is 285 g/mol. The number of aliphatic hydroxyl groups is 1. The highest BCUT2D eigenvalue weighted by Crippen LogP contribution is 2.20. The normalized spacial score (nSPS) is 16.3. The average Bonchev–Trinajstić information content (AvgIpc) is 2.49. The van der Waals surface area contributed by atoms with Gasteiger partial charge in [-0.1, -0.05) is 12.1 Å². The number of hydrogen-bond donors (Lipinski definition) is 1. The van der Waals surface area contributed by atoms with Crippen molar-refractivity contribution in [2.75, 3.05) is 13.1 Å². The Morgan fingerprint density at radius 3 is 2.82 bits per heavy atom. The molecule has 0 spiro atoms. The molecule has 22 heavy (non-hydrogen) atoms. The van der Waals surface area contributed by atoms with E-state index < -0.39 is 6.10 Å². The maximum Gasteiger partial charge on any atom is 0.266 e. The molecule has 1 aliphatic heterocycles. The molecule has 0 radical (unpaired) electrons. The lowest BCUT2D eigenvalue weighted by Crippen LogP contribution is -2.36. The van der Waals surface area contributed by atoms with E-state index in [1.807, 2.05) is 0 Å². The Balaban J connectivity index is 1.71. The van der Waals surface area contributed by atoms with Crippen molar-refractivity contribution in [3.8, 4) is 0 Å². The van der Waals surface area contributed by atoms with Crippen LogP contribution in [0.25, 0.3) is 0 Å². The number of halogens is 1. The van der Waals surface area contributed by atoms with Gasteiger partial charge in [0.15, 0.2) is 0 Å². The van der Waals surface area contributed by atoms with Crippen molar-refractivity contribution in [3.05, 3.63) is 63.3 Å². The van der Waals surface area contributed by atoms with Crippen LogP contribution in [0.4, 0.5) is 4.39 Å². The van der Waals surface area contributed by atoms with E-state index in [1.165, 1.54) is 16.8 Å². The first-order valence-corrected chi connectivity index (χ1v) is 7.25. The second kappa shape index (κ2) is 5.98. The zero-order valence-electron chi connectivity index (χ0n) is 12.4. The molecule has 0 aliphatic carbocycles. The summed E-state index contributed by atoms with van der Waals surface area (Å²) in [5.74, 6) is -0.315. The predicted molar refractivity (Wildman–Crippen MR) is 79.8 cm³/mol. The number of aryl methyl sites for hydroxylation is 1. The molecule has 1 N–H and O–H groups in total. The maximum absolute atomic E-state index is 12.9.